The molecule has 128 valence electrons. The molecule has 1 aromatic carbocycles. The number of rotatable bonds is 4. The van der Waals surface area contributed by atoms with Gasteiger partial charge >= 0.3 is 6.03 Å². The average molecular weight is 322 g/mol. The lowest BCUT2D eigenvalue weighted by molar-refractivity contribution is -0.0744. The summed E-state index contributed by atoms with van der Waals surface area (Å²) in [4.78, 5) is 14.1. The van der Waals surface area contributed by atoms with Gasteiger partial charge in [0.25, 0.3) is 0 Å². The lowest BCUT2D eigenvalue weighted by atomic mass is 9.93. The van der Waals surface area contributed by atoms with Gasteiger partial charge in [-0.15, -0.1) is 0 Å². The number of phenolic OH excluding ortho intramolecular Hbond substituents is 1. The highest BCUT2D eigenvalue weighted by atomic mass is 16.5. The van der Waals surface area contributed by atoms with Crippen LogP contribution >= 0.6 is 0 Å². The smallest absolute Gasteiger partial charge is 0.317 e. The Labute approximate surface area is 137 Å². The van der Waals surface area contributed by atoms with E-state index in [4.69, 9.17) is 9.47 Å². The van der Waals surface area contributed by atoms with Crippen LogP contribution in [0.15, 0.2) is 18.2 Å². The SMILES string of the molecule is COc1cc(CNC(=O)N(C)[C@@H]2CCOC(C)(C)C2)ccc1O. The van der Waals surface area contributed by atoms with Crippen LogP contribution in [0.1, 0.15) is 32.3 Å². The molecule has 0 spiro atoms. The fourth-order valence-electron chi connectivity index (χ4n) is 2.83. The van der Waals surface area contributed by atoms with Gasteiger partial charge in [-0.1, -0.05) is 6.07 Å². The van der Waals surface area contributed by atoms with Crippen LogP contribution in [0, 0.1) is 0 Å². The minimum atomic E-state index is -0.193. The molecular formula is C17H26N2O4. The first-order valence-corrected chi connectivity index (χ1v) is 7.83. The van der Waals surface area contributed by atoms with Crippen LogP contribution in [0.3, 0.4) is 0 Å². The molecule has 1 heterocycles. The van der Waals surface area contributed by atoms with E-state index in [-0.39, 0.29) is 23.4 Å². The van der Waals surface area contributed by atoms with E-state index in [0.29, 0.717) is 18.9 Å². The zero-order valence-electron chi connectivity index (χ0n) is 14.3. The van der Waals surface area contributed by atoms with Gasteiger partial charge in [0.15, 0.2) is 11.5 Å². The number of hydrogen-bond acceptors (Lipinski definition) is 4. The van der Waals surface area contributed by atoms with Crippen molar-refractivity contribution in [1.29, 1.82) is 0 Å². The quantitative estimate of drug-likeness (QED) is 0.893. The highest BCUT2D eigenvalue weighted by molar-refractivity contribution is 5.74. The number of nitrogens with one attached hydrogen (secondary N) is 1. The summed E-state index contributed by atoms with van der Waals surface area (Å²) in [7, 11) is 3.32. The fourth-order valence-corrected chi connectivity index (χ4v) is 2.83. The molecule has 2 N–H and O–H groups in total. The number of benzene rings is 1. The van der Waals surface area contributed by atoms with Gasteiger partial charge in [-0.25, -0.2) is 4.79 Å². The summed E-state index contributed by atoms with van der Waals surface area (Å²) < 4.78 is 10.8. The molecule has 0 unspecified atom stereocenters. The summed E-state index contributed by atoms with van der Waals surface area (Å²) in [5, 5.41) is 12.5. The van der Waals surface area contributed by atoms with Crippen LogP contribution in [-0.4, -0.2) is 48.4 Å². The monoisotopic (exact) mass is 322 g/mol. The number of urea groups is 1. The van der Waals surface area contributed by atoms with Crippen molar-refractivity contribution in [2.45, 2.75) is 44.9 Å². The summed E-state index contributed by atoms with van der Waals surface area (Å²) in [5.41, 5.74) is 0.676. The van der Waals surface area contributed by atoms with Crippen LogP contribution in [-0.2, 0) is 11.3 Å². The third-order valence-corrected chi connectivity index (χ3v) is 4.23. The van der Waals surface area contributed by atoms with Gasteiger partial charge in [-0.05, 0) is 44.4 Å². The first kappa shape index (κ1) is 17.4. The molecule has 23 heavy (non-hydrogen) atoms. The molecule has 0 aliphatic carbocycles. The molecule has 2 amide bonds. The molecule has 2 rings (SSSR count). The zero-order valence-corrected chi connectivity index (χ0v) is 14.3. The maximum atomic E-state index is 12.3. The first-order valence-electron chi connectivity index (χ1n) is 7.83. The Balaban J connectivity index is 1.91. The molecule has 1 aromatic rings. The van der Waals surface area contributed by atoms with Crippen LogP contribution in [0.25, 0.3) is 0 Å². The number of phenols is 1. The van der Waals surface area contributed by atoms with Gasteiger partial charge in [0.1, 0.15) is 0 Å². The van der Waals surface area contributed by atoms with Gasteiger partial charge < -0.3 is 24.8 Å². The van der Waals surface area contributed by atoms with E-state index in [1.807, 2.05) is 20.9 Å². The van der Waals surface area contributed by atoms with Crippen molar-refractivity contribution in [2.24, 2.45) is 0 Å². The van der Waals surface area contributed by atoms with Crippen LogP contribution in [0.2, 0.25) is 0 Å². The van der Waals surface area contributed by atoms with E-state index in [1.165, 1.54) is 7.11 Å². The molecule has 0 aromatic heterocycles. The zero-order chi connectivity index (χ0) is 17.0. The second kappa shape index (κ2) is 7.08. The molecule has 1 atom stereocenters. The molecule has 0 radical (unpaired) electrons. The predicted molar refractivity (Wildman–Crippen MR) is 87.7 cm³/mol. The topological polar surface area (TPSA) is 71.0 Å². The van der Waals surface area contributed by atoms with Crippen molar-refractivity contribution in [3.8, 4) is 11.5 Å². The van der Waals surface area contributed by atoms with Crippen molar-refractivity contribution in [2.75, 3.05) is 20.8 Å². The number of carbonyl (C=O) groups is 1. The Bertz CT molecular complexity index is 560. The van der Waals surface area contributed by atoms with Crippen LogP contribution in [0.4, 0.5) is 4.79 Å². The largest absolute Gasteiger partial charge is 0.504 e. The van der Waals surface area contributed by atoms with E-state index in [1.54, 1.807) is 23.1 Å². The highest BCUT2D eigenvalue weighted by Gasteiger charge is 2.32. The molecule has 1 fully saturated rings. The maximum absolute atomic E-state index is 12.3. The van der Waals surface area contributed by atoms with Crippen molar-refractivity contribution in [3.63, 3.8) is 0 Å². The number of ether oxygens (including phenoxy) is 2. The van der Waals surface area contributed by atoms with Crippen molar-refractivity contribution in [3.05, 3.63) is 23.8 Å². The maximum Gasteiger partial charge on any atom is 0.317 e. The number of hydrogen-bond donors (Lipinski definition) is 2. The van der Waals surface area contributed by atoms with Gasteiger partial charge in [0.2, 0.25) is 0 Å². The van der Waals surface area contributed by atoms with E-state index in [0.717, 1.165) is 18.4 Å². The summed E-state index contributed by atoms with van der Waals surface area (Å²) in [6.07, 6.45) is 1.67. The number of amides is 2. The molecule has 1 aliphatic heterocycles. The number of carbonyl (C=O) groups excluding carboxylic acids is 1. The van der Waals surface area contributed by atoms with E-state index in [9.17, 15) is 9.90 Å². The number of nitrogens with zero attached hydrogens (tertiary/aromatic N) is 1. The second-order valence-corrected chi connectivity index (χ2v) is 6.53. The molecule has 0 saturated carbocycles. The summed E-state index contributed by atoms with van der Waals surface area (Å²) in [5.74, 6) is 0.486. The van der Waals surface area contributed by atoms with E-state index >= 15 is 0 Å². The van der Waals surface area contributed by atoms with Crippen LogP contribution < -0.4 is 10.1 Å². The predicted octanol–water partition coefficient (Wildman–Crippen LogP) is 2.50. The first-order chi connectivity index (χ1) is 10.8. The lowest BCUT2D eigenvalue weighted by Crippen LogP contribution is -2.49. The molecule has 6 heteroatoms. The number of methoxy groups -OCH3 is 1. The van der Waals surface area contributed by atoms with Gasteiger partial charge in [-0.2, -0.15) is 0 Å². The lowest BCUT2D eigenvalue weighted by Gasteiger charge is -2.39. The molecule has 1 saturated heterocycles. The van der Waals surface area contributed by atoms with Crippen molar-refractivity contribution < 1.29 is 19.4 Å². The van der Waals surface area contributed by atoms with Gasteiger partial charge in [0.05, 0.1) is 12.7 Å². The van der Waals surface area contributed by atoms with Crippen LogP contribution in [0.5, 0.6) is 11.5 Å². The van der Waals surface area contributed by atoms with Crippen molar-refractivity contribution >= 4 is 6.03 Å². The highest BCUT2D eigenvalue weighted by Crippen LogP contribution is 2.27. The molecule has 6 nitrogen and oxygen atoms in total. The van der Waals surface area contributed by atoms with Gasteiger partial charge in [0, 0.05) is 26.2 Å². The summed E-state index contributed by atoms with van der Waals surface area (Å²) in [6, 6.07) is 5.10. The standard InChI is InChI=1S/C17H26N2O4/c1-17(2)10-13(7-8-23-17)19(3)16(21)18-11-12-5-6-14(20)15(9-12)22-4/h5-6,9,13,20H,7-8,10-11H2,1-4H3,(H,18,21)/t13-/m1/s1. The Kier molecular flexibility index (Phi) is 5.36. The Morgan fingerprint density at radius 3 is 2.91 bits per heavy atom. The minimum Gasteiger partial charge on any atom is -0.504 e. The Morgan fingerprint density at radius 2 is 2.26 bits per heavy atom. The number of aromatic hydroxyl groups is 1. The summed E-state index contributed by atoms with van der Waals surface area (Å²) in [6.45, 7) is 5.15. The Morgan fingerprint density at radius 1 is 1.52 bits per heavy atom. The normalized spacial score (nSPS) is 19.9. The fraction of sp³-hybridized carbons (Fsp3) is 0.588. The third kappa shape index (κ3) is 4.51. The van der Waals surface area contributed by atoms with E-state index in [2.05, 4.69) is 5.32 Å². The molecule has 0 bridgehead atoms. The van der Waals surface area contributed by atoms with Gasteiger partial charge in [-0.3, -0.25) is 0 Å². The second-order valence-electron chi connectivity index (χ2n) is 6.53. The third-order valence-electron chi connectivity index (χ3n) is 4.23. The average Bonchev–Trinajstić information content (AvgIpc) is 2.52. The minimum absolute atomic E-state index is 0.0872. The van der Waals surface area contributed by atoms with Crippen molar-refractivity contribution in [1.82, 2.24) is 10.2 Å². The Hall–Kier alpha value is -1.95. The molecule has 1 aliphatic rings. The van der Waals surface area contributed by atoms with E-state index < -0.39 is 0 Å². The summed E-state index contributed by atoms with van der Waals surface area (Å²) >= 11 is 0. The molecular weight excluding hydrogens is 296 g/mol.